The lowest BCUT2D eigenvalue weighted by Gasteiger charge is -2.34. The van der Waals surface area contributed by atoms with Crippen molar-refractivity contribution in [3.05, 3.63) is 44.9 Å². The molecule has 0 radical (unpaired) electrons. The summed E-state index contributed by atoms with van der Waals surface area (Å²) in [5.41, 5.74) is 5.26. The highest BCUT2D eigenvalue weighted by Crippen LogP contribution is 2.29. The van der Waals surface area contributed by atoms with Gasteiger partial charge >= 0.3 is 0 Å². The number of hydrogen-bond donors (Lipinski definition) is 2. The fraction of sp³-hybridized carbons (Fsp3) is 0.421. The maximum absolute atomic E-state index is 12.8. The fourth-order valence-electron chi connectivity index (χ4n) is 3.26. The smallest absolute Gasteiger partial charge is 0.264 e. The Morgan fingerprint density at radius 1 is 1.26 bits per heavy atom. The van der Waals surface area contributed by atoms with Gasteiger partial charge in [-0.15, -0.1) is 11.3 Å². The summed E-state index contributed by atoms with van der Waals surface area (Å²) >= 11 is 7.12. The summed E-state index contributed by atoms with van der Waals surface area (Å²) in [6.07, 6.45) is 3.98. The number of nitrogens with zero attached hydrogens (tertiary/aromatic N) is 1. The van der Waals surface area contributed by atoms with E-state index in [4.69, 9.17) is 22.1 Å². The third-order valence-corrected chi connectivity index (χ3v) is 6.14. The zero-order valence-electron chi connectivity index (χ0n) is 15.1. The van der Waals surface area contributed by atoms with Gasteiger partial charge in [0, 0.05) is 5.02 Å². The minimum atomic E-state index is -0.953. The molecule has 2 amide bonds. The van der Waals surface area contributed by atoms with Gasteiger partial charge in [-0.3, -0.25) is 9.59 Å². The second-order valence-electron chi connectivity index (χ2n) is 6.73. The lowest BCUT2D eigenvalue weighted by atomic mass is 9.81. The molecule has 27 heavy (non-hydrogen) atoms. The van der Waals surface area contributed by atoms with E-state index in [0.717, 1.165) is 19.3 Å². The molecule has 1 aliphatic rings. The monoisotopic (exact) mass is 407 g/mol. The Labute approximate surface area is 167 Å². The molecule has 0 saturated heterocycles. The molecule has 3 rings (SSSR count). The van der Waals surface area contributed by atoms with Crippen molar-refractivity contribution in [3.63, 3.8) is 0 Å². The van der Waals surface area contributed by atoms with E-state index >= 15 is 0 Å². The Morgan fingerprint density at radius 2 is 1.93 bits per heavy atom. The summed E-state index contributed by atoms with van der Waals surface area (Å²) in [4.78, 5) is 29.6. The van der Waals surface area contributed by atoms with Gasteiger partial charge in [0.15, 0.2) is 0 Å². The molecule has 1 aromatic heterocycles. The molecule has 1 aliphatic carbocycles. The number of amides is 2. The third kappa shape index (κ3) is 4.59. The molecule has 0 bridgehead atoms. The van der Waals surface area contributed by atoms with Crippen LogP contribution < -0.4 is 15.8 Å². The van der Waals surface area contributed by atoms with Crippen molar-refractivity contribution < 1.29 is 14.3 Å². The lowest BCUT2D eigenvalue weighted by Crippen LogP contribution is -2.58. The van der Waals surface area contributed by atoms with Crippen LogP contribution >= 0.6 is 22.9 Å². The first-order chi connectivity index (χ1) is 12.9. The number of aryl methyl sites for hydroxylation is 1. The summed E-state index contributed by atoms with van der Waals surface area (Å²) in [5.74, 6) is -0.0967. The molecular weight excluding hydrogens is 386 g/mol. The molecule has 0 aliphatic heterocycles. The number of nitrogens with one attached hydrogen (secondary N) is 1. The molecule has 3 N–H and O–H groups in total. The minimum Gasteiger partial charge on any atom is -0.486 e. The predicted octanol–water partition coefficient (Wildman–Crippen LogP) is 3.60. The van der Waals surface area contributed by atoms with E-state index in [1.54, 1.807) is 31.2 Å². The Hall–Kier alpha value is -2.12. The third-order valence-electron chi connectivity index (χ3n) is 4.75. The van der Waals surface area contributed by atoms with E-state index in [9.17, 15) is 9.59 Å². The van der Waals surface area contributed by atoms with Gasteiger partial charge in [0.25, 0.3) is 5.91 Å². The van der Waals surface area contributed by atoms with Crippen molar-refractivity contribution in [2.75, 3.05) is 0 Å². The van der Waals surface area contributed by atoms with Crippen LogP contribution in [0.25, 0.3) is 0 Å². The standard InChI is InChI=1S/C19H22ClN3O3S/c1-12-16(17(24)23-19(18(21)25)9-3-2-4-10-19)27-15(22-12)11-26-14-7-5-13(20)6-8-14/h5-8H,2-4,9-11H2,1H3,(H2,21,25)(H,23,24). The normalized spacial score (nSPS) is 15.9. The zero-order chi connectivity index (χ0) is 19.4. The number of benzene rings is 1. The van der Waals surface area contributed by atoms with E-state index < -0.39 is 11.4 Å². The number of primary amides is 1. The molecule has 1 fully saturated rings. The van der Waals surface area contributed by atoms with Gasteiger partial charge in [-0.2, -0.15) is 0 Å². The minimum absolute atomic E-state index is 0.251. The maximum atomic E-state index is 12.8. The SMILES string of the molecule is Cc1nc(COc2ccc(Cl)cc2)sc1C(=O)NC1(C(N)=O)CCCCC1. The van der Waals surface area contributed by atoms with Gasteiger partial charge in [-0.1, -0.05) is 30.9 Å². The first-order valence-corrected chi connectivity index (χ1v) is 10.1. The van der Waals surface area contributed by atoms with Crippen LogP contribution in [0.3, 0.4) is 0 Å². The number of rotatable bonds is 6. The lowest BCUT2D eigenvalue weighted by molar-refractivity contribution is -0.125. The summed E-state index contributed by atoms with van der Waals surface area (Å²) < 4.78 is 5.69. The molecule has 1 saturated carbocycles. The van der Waals surface area contributed by atoms with Gasteiger partial charge in [0.05, 0.1) is 5.69 Å². The zero-order valence-corrected chi connectivity index (χ0v) is 16.7. The Balaban J connectivity index is 1.68. The van der Waals surface area contributed by atoms with Crippen LogP contribution in [0.15, 0.2) is 24.3 Å². The number of ether oxygens (including phenoxy) is 1. The van der Waals surface area contributed by atoms with Crippen molar-refractivity contribution in [1.82, 2.24) is 10.3 Å². The van der Waals surface area contributed by atoms with Crippen molar-refractivity contribution in [3.8, 4) is 5.75 Å². The van der Waals surface area contributed by atoms with E-state index in [1.807, 2.05) is 0 Å². The Kier molecular flexibility index (Phi) is 6.01. The summed E-state index contributed by atoms with van der Waals surface area (Å²) in [5, 5.41) is 4.20. The molecule has 0 spiro atoms. The summed E-state index contributed by atoms with van der Waals surface area (Å²) in [6.45, 7) is 2.02. The number of hydrogen-bond acceptors (Lipinski definition) is 5. The van der Waals surface area contributed by atoms with Crippen LogP contribution in [0, 0.1) is 6.92 Å². The van der Waals surface area contributed by atoms with Crippen molar-refractivity contribution in [1.29, 1.82) is 0 Å². The molecule has 2 aromatic rings. The van der Waals surface area contributed by atoms with Gasteiger partial charge in [0.2, 0.25) is 5.91 Å². The Morgan fingerprint density at radius 3 is 2.56 bits per heavy atom. The van der Waals surface area contributed by atoms with Crippen LogP contribution in [0.4, 0.5) is 0 Å². The highest BCUT2D eigenvalue weighted by molar-refractivity contribution is 7.13. The van der Waals surface area contributed by atoms with Crippen molar-refractivity contribution in [2.45, 2.75) is 51.2 Å². The van der Waals surface area contributed by atoms with E-state index in [1.165, 1.54) is 11.3 Å². The summed E-state index contributed by atoms with van der Waals surface area (Å²) in [6, 6.07) is 7.04. The average Bonchev–Trinajstić information content (AvgIpc) is 3.03. The molecule has 8 heteroatoms. The molecular formula is C19H22ClN3O3S. The van der Waals surface area contributed by atoms with Crippen molar-refractivity contribution in [2.24, 2.45) is 5.73 Å². The van der Waals surface area contributed by atoms with Crippen LogP contribution in [0.1, 0.15) is 52.5 Å². The number of carbonyl (C=O) groups is 2. The summed E-state index contributed by atoms with van der Waals surface area (Å²) in [7, 11) is 0. The average molecular weight is 408 g/mol. The quantitative estimate of drug-likeness (QED) is 0.764. The van der Waals surface area contributed by atoms with Gasteiger partial charge in [-0.25, -0.2) is 4.98 Å². The number of carbonyl (C=O) groups excluding carboxylic acids is 2. The van der Waals surface area contributed by atoms with Gasteiger partial charge < -0.3 is 15.8 Å². The second-order valence-corrected chi connectivity index (χ2v) is 8.25. The molecule has 0 unspecified atom stereocenters. The van der Waals surface area contributed by atoms with Crippen LogP contribution in [-0.2, 0) is 11.4 Å². The number of halogens is 1. The second kappa shape index (κ2) is 8.27. The molecule has 0 atom stereocenters. The molecule has 1 heterocycles. The van der Waals surface area contributed by atoms with Crippen LogP contribution in [0.5, 0.6) is 5.75 Å². The number of aromatic nitrogens is 1. The highest BCUT2D eigenvalue weighted by atomic mass is 35.5. The fourth-order valence-corrected chi connectivity index (χ4v) is 4.26. The largest absolute Gasteiger partial charge is 0.486 e. The predicted molar refractivity (Wildman–Crippen MR) is 105 cm³/mol. The first-order valence-electron chi connectivity index (χ1n) is 8.87. The van der Waals surface area contributed by atoms with E-state index in [2.05, 4.69) is 10.3 Å². The Bertz CT molecular complexity index is 829. The van der Waals surface area contributed by atoms with Crippen LogP contribution in [0.2, 0.25) is 5.02 Å². The first kappa shape index (κ1) is 19.6. The maximum Gasteiger partial charge on any atom is 0.264 e. The van der Waals surface area contributed by atoms with E-state index in [-0.39, 0.29) is 12.5 Å². The van der Waals surface area contributed by atoms with E-state index in [0.29, 0.717) is 39.2 Å². The highest BCUT2D eigenvalue weighted by Gasteiger charge is 2.39. The van der Waals surface area contributed by atoms with Gasteiger partial charge in [-0.05, 0) is 44.0 Å². The molecule has 144 valence electrons. The van der Waals surface area contributed by atoms with Crippen LogP contribution in [-0.4, -0.2) is 22.3 Å². The van der Waals surface area contributed by atoms with Crippen molar-refractivity contribution >= 4 is 34.8 Å². The number of thiazole rings is 1. The molecule has 1 aromatic carbocycles. The number of nitrogens with two attached hydrogens (primary N) is 1. The van der Waals surface area contributed by atoms with Gasteiger partial charge in [0.1, 0.15) is 27.8 Å². The molecule has 6 nitrogen and oxygen atoms in total. The topological polar surface area (TPSA) is 94.3 Å².